The normalized spacial score (nSPS) is 18.4. The third-order valence-corrected chi connectivity index (χ3v) is 5.06. The predicted octanol–water partition coefficient (Wildman–Crippen LogP) is 2.03. The van der Waals surface area contributed by atoms with Gasteiger partial charge < -0.3 is 16.2 Å². The first-order valence-electron chi connectivity index (χ1n) is 9.63. The van der Waals surface area contributed by atoms with Gasteiger partial charge in [0.25, 0.3) is 0 Å². The zero-order valence-electron chi connectivity index (χ0n) is 15.5. The molecule has 0 aromatic carbocycles. The third-order valence-electron chi connectivity index (χ3n) is 5.06. The van der Waals surface area contributed by atoms with E-state index in [9.17, 15) is 0 Å². The zero-order chi connectivity index (χ0) is 19.1. The zero-order valence-corrected chi connectivity index (χ0v) is 15.5. The molecule has 2 aromatic rings. The van der Waals surface area contributed by atoms with Crippen LogP contribution >= 0.6 is 0 Å². The van der Waals surface area contributed by atoms with Crippen LogP contribution in [-0.2, 0) is 0 Å². The topological polar surface area (TPSA) is 126 Å². The molecule has 0 radical (unpaired) electrons. The van der Waals surface area contributed by atoms with Gasteiger partial charge in [0, 0.05) is 11.8 Å². The second kappa shape index (κ2) is 9.44. The molecular weight excluding hydrogens is 342 g/mol. The van der Waals surface area contributed by atoms with E-state index in [-0.39, 0.29) is 12.1 Å². The van der Waals surface area contributed by atoms with Gasteiger partial charge in [0.1, 0.15) is 6.07 Å². The van der Waals surface area contributed by atoms with E-state index < -0.39 is 0 Å². The molecule has 0 bridgehead atoms. The highest BCUT2D eigenvalue weighted by Gasteiger charge is 2.17. The Morgan fingerprint density at radius 2 is 1.89 bits per heavy atom. The Hall–Kier alpha value is -2.50. The number of aliphatic hydroxyl groups excluding tert-OH is 1. The first-order valence-corrected chi connectivity index (χ1v) is 9.63. The summed E-state index contributed by atoms with van der Waals surface area (Å²) in [5, 5.41) is 25.8. The van der Waals surface area contributed by atoms with Crippen molar-refractivity contribution in [1.82, 2.24) is 25.1 Å². The second-order valence-corrected chi connectivity index (χ2v) is 7.08. The molecule has 8 heteroatoms. The van der Waals surface area contributed by atoms with Crippen molar-refractivity contribution < 1.29 is 5.11 Å². The van der Waals surface area contributed by atoms with Gasteiger partial charge in [0.05, 0.1) is 35.8 Å². The number of nitrogens with two attached hydrogens (primary N) is 1. The van der Waals surface area contributed by atoms with Gasteiger partial charge in [-0.25, -0.2) is 9.97 Å². The number of piperidine rings is 1. The monoisotopic (exact) mass is 369 g/mol. The largest absolute Gasteiger partial charge is 0.393 e. The Morgan fingerprint density at radius 1 is 1.15 bits per heavy atom. The molecular formula is C19H27N7O. The molecule has 2 aliphatic rings. The molecule has 1 saturated heterocycles. The first-order chi connectivity index (χ1) is 13.2. The summed E-state index contributed by atoms with van der Waals surface area (Å²) >= 11 is 0. The quantitative estimate of drug-likeness (QED) is 0.739. The van der Waals surface area contributed by atoms with Crippen LogP contribution in [0.5, 0.6) is 0 Å². The van der Waals surface area contributed by atoms with E-state index in [0.717, 1.165) is 44.3 Å². The Bertz CT molecular complexity index is 771. The van der Waals surface area contributed by atoms with Crippen molar-refractivity contribution in [1.29, 1.82) is 5.26 Å². The maximum absolute atomic E-state index is 9.12. The minimum absolute atomic E-state index is 0.0359. The van der Waals surface area contributed by atoms with Crippen LogP contribution in [0.2, 0.25) is 0 Å². The molecule has 0 amide bonds. The number of nitriles is 1. The van der Waals surface area contributed by atoms with Crippen molar-refractivity contribution in [3.05, 3.63) is 24.2 Å². The van der Waals surface area contributed by atoms with Crippen LogP contribution in [0.3, 0.4) is 0 Å². The Kier molecular flexibility index (Phi) is 6.74. The van der Waals surface area contributed by atoms with Crippen LogP contribution < -0.4 is 11.1 Å². The lowest BCUT2D eigenvalue weighted by Crippen LogP contribution is -2.29. The highest BCUT2D eigenvalue weighted by molar-refractivity contribution is 5.65. The van der Waals surface area contributed by atoms with Crippen molar-refractivity contribution >= 4 is 5.95 Å². The van der Waals surface area contributed by atoms with Crippen LogP contribution in [-0.4, -0.2) is 44.0 Å². The molecule has 144 valence electrons. The molecule has 4 rings (SSSR count). The summed E-state index contributed by atoms with van der Waals surface area (Å²) in [5.74, 6) is 0.161. The maximum atomic E-state index is 9.12. The number of hydrogen-bond acceptors (Lipinski definition) is 7. The third kappa shape index (κ3) is 5.25. The van der Waals surface area contributed by atoms with Gasteiger partial charge >= 0.3 is 0 Å². The smallest absolute Gasteiger partial charge is 0.220 e. The molecule has 1 aliphatic carbocycles. The highest BCUT2D eigenvalue weighted by atomic mass is 16.3. The van der Waals surface area contributed by atoms with Crippen LogP contribution in [0.4, 0.5) is 5.95 Å². The fourth-order valence-electron chi connectivity index (χ4n) is 3.51. The molecule has 4 N–H and O–H groups in total. The molecule has 2 fully saturated rings. The molecule has 8 nitrogen and oxygen atoms in total. The van der Waals surface area contributed by atoms with E-state index >= 15 is 0 Å². The van der Waals surface area contributed by atoms with Crippen molar-refractivity contribution in [3.8, 4) is 17.3 Å². The lowest BCUT2D eigenvalue weighted by atomic mass is 9.98. The highest BCUT2D eigenvalue weighted by Crippen LogP contribution is 2.24. The summed E-state index contributed by atoms with van der Waals surface area (Å²) in [5.41, 5.74) is 7.35. The molecule has 2 aromatic heterocycles. The van der Waals surface area contributed by atoms with E-state index in [2.05, 4.69) is 26.5 Å². The van der Waals surface area contributed by atoms with Crippen molar-refractivity contribution in [2.45, 2.75) is 57.1 Å². The summed E-state index contributed by atoms with van der Waals surface area (Å²) < 4.78 is 1.95. The SMILES string of the molecule is N#Cc1cnc(N)nc1-c1cnn(C2CCNCC2)c1.OC1CCCCC1. The number of nitrogens with one attached hydrogen (secondary N) is 1. The average Bonchev–Trinajstić information content (AvgIpc) is 3.20. The van der Waals surface area contributed by atoms with E-state index in [4.69, 9.17) is 16.1 Å². The maximum Gasteiger partial charge on any atom is 0.220 e. The van der Waals surface area contributed by atoms with Gasteiger partial charge in [-0.1, -0.05) is 19.3 Å². The lowest BCUT2D eigenvalue weighted by molar-refractivity contribution is 0.130. The minimum Gasteiger partial charge on any atom is -0.393 e. The fourth-order valence-corrected chi connectivity index (χ4v) is 3.51. The summed E-state index contributed by atoms with van der Waals surface area (Å²) in [7, 11) is 0. The molecule has 1 saturated carbocycles. The Morgan fingerprint density at radius 3 is 2.52 bits per heavy atom. The van der Waals surface area contributed by atoms with Crippen molar-refractivity contribution in [3.63, 3.8) is 0 Å². The van der Waals surface area contributed by atoms with E-state index in [0.29, 0.717) is 17.3 Å². The lowest BCUT2D eigenvalue weighted by Gasteiger charge is -2.22. The molecule has 0 atom stereocenters. The molecule has 1 aliphatic heterocycles. The predicted molar refractivity (Wildman–Crippen MR) is 103 cm³/mol. The van der Waals surface area contributed by atoms with Crippen LogP contribution in [0.1, 0.15) is 56.6 Å². The van der Waals surface area contributed by atoms with E-state index in [1.807, 2.05) is 10.9 Å². The Labute approximate surface area is 159 Å². The number of aliphatic hydroxyl groups is 1. The van der Waals surface area contributed by atoms with E-state index in [1.54, 1.807) is 6.20 Å². The number of nitrogen functional groups attached to an aromatic ring is 1. The number of hydrogen-bond donors (Lipinski definition) is 3. The van der Waals surface area contributed by atoms with Gasteiger partial charge in [-0.05, 0) is 38.8 Å². The molecule has 27 heavy (non-hydrogen) atoms. The number of anilines is 1. The summed E-state index contributed by atoms with van der Waals surface area (Å²) in [6, 6.07) is 2.48. The fraction of sp³-hybridized carbons (Fsp3) is 0.579. The van der Waals surface area contributed by atoms with Gasteiger partial charge in [-0.3, -0.25) is 4.68 Å². The number of aromatic nitrogens is 4. The summed E-state index contributed by atoms with van der Waals surface area (Å²) in [6.07, 6.45) is 13.1. The summed E-state index contributed by atoms with van der Waals surface area (Å²) in [4.78, 5) is 7.99. The van der Waals surface area contributed by atoms with Gasteiger partial charge in [0.15, 0.2) is 0 Å². The number of nitrogens with zero attached hydrogens (tertiary/aromatic N) is 5. The molecule has 0 spiro atoms. The Balaban J connectivity index is 0.000000253. The summed E-state index contributed by atoms with van der Waals surface area (Å²) in [6.45, 7) is 2.01. The molecule has 3 heterocycles. The van der Waals surface area contributed by atoms with Crippen molar-refractivity contribution in [2.75, 3.05) is 18.8 Å². The standard InChI is InChI=1S/C13H15N7.C6H12O/c14-5-9-6-17-13(15)19-12(9)10-7-18-20(8-10)11-1-3-16-4-2-11;7-6-4-2-1-3-5-6/h6-8,11,16H,1-4H2,(H2,15,17,19);6-7H,1-5H2. The van der Waals surface area contributed by atoms with Gasteiger partial charge in [0.2, 0.25) is 5.95 Å². The van der Waals surface area contributed by atoms with Gasteiger partial charge in [-0.15, -0.1) is 0 Å². The molecule has 0 unspecified atom stereocenters. The average molecular weight is 369 g/mol. The van der Waals surface area contributed by atoms with Crippen molar-refractivity contribution in [2.24, 2.45) is 0 Å². The first kappa shape index (κ1) is 19.3. The van der Waals surface area contributed by atoms with Gasteiger partial charge in [-0.2, -0.15) is 10.4 Å². The van der Waals surface area contributed by atoms with Crippen LogP contribution in [0.25, 0.3) is 11.3 Å². The minimum atomic E-state index is 0.0359. The van der Waals surface area contributed by atoms with Crippen LogP contribution in [0, 0.1) is 11.3 Å². The second-order valence-electron chi connectivity index (χ2n) is 7.08. The number of rotatable bonds is 2. The van der Waals surface area contributed by atoms with Crippen LogP contribution in [0.15, 0.2) is 18.6 Å². The van der Waals surface area contributed by atoms with E-state index in [1.165, 1.54) is 25.5 Å².